The molecule has 136 heavy (non-hydrogen) atoms. The number of hydrogen-bond acceptors (Lipinski definition) is 38. The molecule has 10 amide bonds. The Morgan fingerprint density at radius 3 is 0.882 bits per heavy atom. The maximum atomic E-state index is 14.0. The van der Waals surface area contributed by atoms with Gasteiger partial charge in [-0.1, -0.05) is 12.8 Å². The van der Waals surface area contributed by atoms with E-state index in [-0.39, 0.29) is 160 Å². The number of amides is 10. The number of rotatable bonds is 64. The predicted octanol–water partition coefficient (Wildman–Crippen LogP) is -1.29. The molecule has 4 rings (SSSR count). The fraction of sp³-hybridized carbons (Fsp3) is 0.761. The zero-order valence-corrected chi connectivity index (χ0v) is 79.7. The SMILES string of the molecule is CC(=O)N[C@H]1[C@H](OCCCCC(=O)NCCCNC(=O)CCO[C@@H]2[C@H](OCCC(=O)NCCCNC(=O)CCCCO[C@@H]3O[C@H](COC(C)=O)[C@H](OC(C)=O)[C@H](OC(C)=O)[C@H]3NC(C)=O)C=C(C(=O)NCCCCCCO)C[C@H]2OCCC(=O)NCCCNC(=O)CCCCO[C@@H]2O[C@H](COC(C)=O)[C@H](OC(C)=O)[C@H](OC(C)=O)[C@H]2NC(C)=O)O[C@H](COC(C)=O)[C@H](OC(C)=O)[C@@H]1OC(C)=O. The number of carbonyl (C=O) groups excluding carboxylic acids is 19. The lowest BCUT2D eigenvalue weighted by atomic mass is 9.91. The van der Waals surface area contributed by atoms with Crippen molar-refractivity contribution in [3.63, 3.8) is 0 Å². The third kappa shape index (κ3) is 48.8. The number of nitrogens with one attached hydrogen (secondary N) is 10. The minimum Gasteiger partial charge on any atom is -0.463 e. The molecule has 0 bridgehead atoms. The molecule has 4 aliphatic rings. The summed E-state index contributed by atoms with van der Waals surface area (Å²) in [6, 6.07) is -3.53. The second-order valence-electron chi connectivity index (χ2n) is 32.4. The van der Waals surface area contributed by atoms with Crippen LogP contribution in [0.15, 0.2) is 11.6 Å². The lowest BCUT2D eigenvalue weighted by molar-refractivity contribution is -0.277. The van der Waals surface area contributed by atoms with E-state index in [0.717, 1.165) is 75.2 Å². The van der Waals surface area contributed by atoms with Crippen molar-refractivity contribution in [2.24, 2.45) is 0 Å². The van der Waals surface area contributed by atoms with E-state index in [1.165, 1.54) is 20.8 Å². The fourth-order valence-electron chi connectivity index (χ4n) is 14.6. The second kappa shape index (κ2) is 65.9. The van der Waals surface area contributed by atoms with Gasteiger partial charge in [0.15, 0.2) is 55.5 Å². The maximum absolute atomic E-state index is 14.0. The monoisotopic (exact) mass is 1940 g/mol. The molecule has 0 radical (unpaired) electrons. The second-order valence-corrected chi connectivity index (χ2v) is 32.4. The average Bonchev–Trinajstić information content (AvgIpc) is 0.792. The zero-order valence-electron chi connectivity index (χ0n) is 79.7. The van der Waals surface area contributed by atoms with Gasteiger partial charge in [-0.25, -0.2) is 0 Å². The highest BCUT2D eigenvalue weighted by Crippen LogP contribution is 2.33. The van der Waals surface area contributed by atoms with Gasteiger partial charge in [0.2, 0.25) is 59.1 Å². The van der Waals surface area contributed by atoms with Crippen molar-refractivity contribution >= 4 is 113 Å². The van der Waals surface area contributed by atoms with Crippen LogP contribution in [-0.4, -0.2) is 340 Å². The van der Waals surface area contributed by atoms with Crippen molar-refractivity contribution in [1.29, 1.82) is 0 Å². The Morgan fingerprint density at radius 2 is 0.581 bits per heavy atom. The van der Waals surface area contributed by atoms with Gasteiger partial charge < -0.3 is 144 Å². The Bertz CT molecular complexity index is 3890. The molecule has 3 aliphatic heterocycles. The first-order valence-electron chi connectivity index (χ1n) is 45.9. The topological polar surface area (TPSA) is 631 Å². The first-order valence-corrected chi connectivity index (χ1v) is 45.9. The molecule has 0 aromatic heterocycles. The van der Waals surface area contributed by atoms with Gasteiger partial charge in [-0.2, -0.15) is 0 Å². The van der Waals surface area contributed by atoms with Gasteiger partial charge >= 0.3 is 53.7 Å². The number of ether oxygens (including phenoxy) is 18. The summed E-state index contributed by atoms with van der Waals surface area (Å²) < 4.78 is 103. The van der Waals surface area contributed by atoms with Gasteiger partial charge in [0.1, 0.15) is 68.5 Å². The molecule has 18 atom stereocenters. The van der Waals surface area contributed by atoms with Crippen molar-refractivity contribution in [2.45, 2.75) is 322 Å². The molecule has 3 fully saturated rings. The van der Waals surface area contributed by atoms with Gasteiger partial charge in [-0.05, 0) is 76.7 Å². The Balaban J connectivity index is 1.37. The lowest BCUT2D eigenvalue weighted by Gasteiger charge is -2.44. The summed E-state index contributed by atoms with van der Waals surface area (Å²) in [5.41, 5.74) is 0.241. The number of carbonyl (C=O) groups is 19. The van der Waals surface area contributed by atoms with Crippen molar-refractivity contribution in [1.82, 2.24) is 53.2 Å². The predicted molar refractivity (Wildman–Crippen MR) is 468 cm³/mol. The Morgan fingerprint density at radius 1 is 0.294 bits per heavy atom. The first-order chi connectivity index (χ1) is 64.7. The highest BCUT2D eigenvalue weighted by molar-refractivity contribution is 5.94. The molecule has 0 aromatic rings. The maximum Gasteiger partial charge on any atom is 0.303 e. The van der Waals surface area contributed by atoms with Gasteiger partial charge in [0.05, 0.1) is 25.9 Å². The van der Waals surface area contributed by atoms with Crippen LogP contribution in [-0.2, 0) is 176 Å². The summed E-state index contributed by atoms with van der Waals surface area (Å²) >= 11 is 0. The minimum absolute atomic E-state index is 0.0171. The Kier molecular flexibility index (Phi) is 57.0. The Labute approximate surface area is 789 Å². The molecule has 11 N–H and O–H groups in total. The quantitative estimate of drug-likeness (QED) is 0.0192. The lowest BCUT2D eigenvalue weighted by Crippen LogP contribution is -2.66. The van der Waals surface area contributed by atoms with Gasteiger partial charge in [0, 0.05) is 206 Å². The first kappa shape index (κ1) is 118. The summed E-state index contributed by atoms with van der Waals surface area (Å²) in [6.45, 7) is 13.1. The van der Waals surface area contributed by atoms with Crippen LogP contribution in [0.1, 0.15) is 212 Å². The van der Waals surface area contributed by atoms with Gasteiger partial charge in [-0.15, -0.1) is 0 Å². The molecule has 0 aromatic carbocycles. The van der Waals surface area contributed by atoms with Crippen molar-refractivity contribution < 1.29 is 181 Å². The van der Waals surface area contributed by atoms with Crippen molar-refractivity contribution in [2.75, 3.05) is 112 Å². The van der Waals surface area contributed by atoms with Crippen LogP contribution in [0.4, 0.5) is 0 Å². The van der Waals surface area contributed by atoms with E-state index in [1.54, 1.807) is 6.08 Å². The van der Waals surface area contributed by atoms with Crippen LogP contribution < -0.4 is 53.2 Å². The smallest absolute Gasteiger partial charge is 0.303 e. The molecular formula is C88H140N10O38. The van der Waals surface area contributed by atoms with E-state index in [1.807, 2.05) is 0 Å². The van der Waals surface area contributed by atoms with E-state index in [2.05, 4.69) is 53.2 Å². The summed E-state index contributed by atoms with van der Waals surface area (Å²) in [6.07, 6.45) is -11.7. The number of unbranched alkanes of at least 4 members (excludes halogenated alkanes) is 6. The fourth-order valence-corrected chi connectivity index (χ4v) is 14.6. The normalized spacial score (nSPS) is 23.3. The molecule has 3 saturated heterocycles. The number of aliphatic hydroxyl groups is 1. The van der Waals surface area contributed by atoms with Crippen LogP contribution in [0, 0.1) is 0 Å². The van der Waals surface area contributed by atoms with Crippen molar-refractivity contribution in [3.05, 3.63) is 11.6 Å². The van der Waals surface area contributed by atoms with Gasteiger partial charge in [-0.3, -0.25) is 91.1 Å². The summed E-state index contributed by atoms with van der Waals surface area (Å²) in [5, 5.41) is 36.9. The van der Waals surface area contributed by atoms with E-state index in [9.17, 15) is 96.2 Å². The van der Waals surface area contributed by atoms with Crippen LogP contribution in [0.3, 0.4) is 0 Å². The summed E-state index contributed by atoms with van der Waals surface area (Å²) in [5.74, 6) is -11.0. The molecule has 0 unspecified atom stereocenters. The molecule has 3 heterocycles. The minimum atomic E-state index is -1.32. The molecule has 0 spiro atoms. The molecule has 1 aliphatic carbocycles. The number of aliphatic hydroxyl groups excluding tert-OH is 1. The van der Waals surface area contributed by atoms with E-state index < -0.39 is 225 Å². The van der Waals surface area contributed by atoms with Crippen molar-refractivity contribution in [3.8, 4) is 0 Å². The summed E-state index contributed by atoms with van der Waals surface area (Å²) in [7, 11) is 0. The van der Waals surface area contributed by atoms with Crippen LogP contribution in [0.25, 0.3) is 0 Å². The molecular weight excluding hydrogens is 1800 g/mol. The van der Waals surface area contributed by atoms with E-state index in [4.69, 9.17) is 85.3 Å². The molecule has 48 heteroatoms. The molecule has 770 valence electrons. The zero-order chi connectivity index (χ0) is 101. The van der Waals surface area contributed by atoms with Crippen LogP contribution in [0.2, 0.25) is 0 Å². The number of hydrogen-bond donors (Lipinski definition) is 11. The highest BCUT2D eigenvalue weighted by Gasteiger charge is 2.55. The van der Waals surface area contributed by atoms with Crippen LogP contribution in [0.5, 0.6) is 0 Å². The van der Waals surface area contributed by atoms with E-state index >= 15 is 0 Å². The van der Waals surface area contributed by atoms with E-state index in [0.29, 0.717) is 70.6 Å². The molecule has 48 nitrogen and oxygen atoms in total. The van der Waals surface area contributed by atoms with Gasteiger partial charge in [0.25, 0.3) is 0 Å². The third-order valence-electron chi connectivity index (χ3n) is 20.5. The average molecular weight is 1950 g/mol. The Hall–Kier alpha value is -10.7. The number of esters is 9. The standard InChI is InChI=1S/C88H140N10O38/c1-51(100)96-75-82(131-60(10)109)79(128-57(7)106)66(48-125-54(4)103)134-86(75)122-40-20-15-26-69(112)89-33-23-36-92-72(115)29-43-119-64-46-63(85(118)95-32-18-13-14-19-39-99)47-65(120-44-30-73(116)93-37-24-34-90-70(113)27-16-21-41-123-87-76(97-52(2)101)83(132-61(11)110)80(129-58(8)107)67(135-87)49-126-55(5)104)78(64)121-45-31-74(117)94-38-25-35-91-71(114)28-17-22-42-124-88-77(98-53(3)102)84(133-62(12)111)81(130-59(9)108)68(136-88)50-127-56(6)105/h46,64-68,75-84,86-88,99H,13-45,47-50H2,1-12H3,(H,89,112)(H,90,113)(H,91,114)(H,92,115)(H,93,116)(H,94,117)(H,95,118)(H,96,100)(H,97,101)(H,98,102)/t64-,65-,66-,67-,68-,75-,76-,77-,78-,79+,80+,81+,82-,83-,84-,86-,87-,88-/m1/s1. The highest BCUT2D eigenvalue weighted by atomic mass is 16.7. The summed E-state index contributed by atoms with van der Waals surface area (Å²) in [4.78, 5) is 238. The van der Waals surface area contributed by atoms with Crippen LogP contribution >= 0.6 is 0 Å². The largest absolute Gasteiger partial charge is 0.463 e. The third-order valence-corrected chi connectivity index (χ3v) is 20.5. The molecule has 0 saturated carbocycles.